The van der Waals surface area contributed by atoms with Gasteiger partial charge in [0.15, 0.2) is 0 Å². The molecule has 1 aliphatic rings. The van der Waals surface area contributed by atoms with Gasteiger partial charge in [-0.15, -0.1) is 0 Å². The summed E-state index contributed by atoms with van der Waals surface area (Å²) in [4.78, 5) is 0. The monoisotopic (exact) mass is 424 g/mol. The highest BCUT2D eigenvalue weighted by molar-refractivity contribution is 6.60. The Morgan fingerprint density at radius 1 is 0.778 bits per heavy atom. The van der Waals surface area contributed by atoms with Crippen LogP contribution in [0.4, 0.5) is 0 Å². The number of hydrogen-bond donors (Lipinski definition) is 0. The first kappa shape index (κ1) is 25.2. The molecule has 0 spiro atoms. The largest absolute Gasteiger partial charge is 0.500 e. The van der Waals surface area contributed by atoms with Crippen LogP contribution in [0.3, 0.4) is 0 Å². The molecule has 0 aromatic carbocycles. The van der Waals surface area contributed by atoms with E-state index in [2.05, 4.69) is 6.92 Å². The molecule has 1 rings (SSSR count). The van der Waals surface area contributed by atoms with E-state index in [0.717, 1.165) is 57.2 Å². The average Bonchev–Trinajstić information content (AvgIpc) is 3.13. The van der Waals surface area contributed by atoms with Crippen molar-refractivity contribution in [1.29, 1.82) is 0 Å². The van der Waals surface area contributed by atoms with Crippen molar-refractivity contribution in [2.45, 2.75) is 63.6 Å². The summed E-state index contributed by atoms with van der Waals surface area (Å²) in [6.45, 7) is 3.01. The lowest BCUT2D eigenvalue weighted by molar-refractivity contribution is 0.0851. The predicted octanol–water partition coefficient (Wildman–Crippen LogP) is 3.49. The van der Waals surface area contributed by atoms with Gasteiger partial charge in [-0.2, -0.15) is 0 Å². The van der Waals surface area contributed by atoms with E-state index in [1.54, 1.807) is 42.7 Å². The molecule has 0 aromatic heterocycles. The summed E-state index contributed by atoms with van der Waals surface area (Å²) in [7, 11) is 4.99. The van der Waals surface area contributed by atoms with Gasteiger partial charge in [0.1, 0.15) is 0 Å². The van der Waals surface area contributed by atoms with Gasteiger partial charge in [-0.1, -0.05) is 6.92 Å². The van der Waals surface area contributed by atoms with Crippen molar-refractivity contribution in [3.05, 3.63) is 0 Å². The second-order valence-corrected chi connectivity index (χ2v) is 13.5. The van der Waals surface area contributed by atoms with E-state index in [-0.39, 0.29) is 5.41 Å². The van der Waals surface area contributed by atoms with Crippen molar-refractivity contribution in [2.24, 2.45) is 5.41 Å². The maximum atomic E-state index is 6.08. The van der Waals surface area contributed by atoms with Crippen LogP contribution in [0.25, 0.3) is 0 Å². The van der Waals surface area contributed by atoms with E-state index in [1.165, 1.54) is 0 Å². The number of rotatable bonds is 15. The Morgan fingerprint density at radius 2 is 1.19 bits per heavy atom. The van der Waals surface area contributed by atoms with Gasteiger partial charge in [0, 0.05) is 54.7 Å². The highest BCUT2D eigenvalue weighted by atomic mass is 28.4. The second-order valence-electron chi connectivity index (χ2n) is 7.34. The van der Waals surface area contributed by atoms with Crippen LogP contribution in [-0.2, 0) is 31.3 Å². The molecule has 1 unspecified atom stereocenters. The Kier molecular flexibility index (Phi) is 11.2. The average molecular weight is 425 g/mol. The van der Waals surface area contributed by atoms with Crippen LogP contribution in [0.15, 0.2) is 0 Å². The molecule has 27 heavy (non-hydrogen) atoms. The predicted molar refractivity (Wildman–Crippen MR) is 109 cm³/mol. The van der Waals surface area contributed by atoms with Crippen molar-refractivity contribution >= 4 is 17.6 Å². The molecule has 0 amide bonds. The fraction of sp³-hybridized carbons (Fsp3) is 1.00. The summed E-state index contributed by atoms with van der Waals surface area (Å²) >= 11 is 0. The fourth-order valence-corrected chi connectivity index (χ4v) is 7.55. The molecule has 1 aliphatic heterocycles. The molecule has 7 nitrogen and oxygen atoms in total. The van der Waals surface area contributed by atoms with Gasteiger partial charge in [0.05, 0.1) is 12.7 Å². The normalized spacial score (nSPS) is 20.3. The highest BCUT2D eigenvalue weighted by Crippen LogP contribution is 2.43. The Labute approximate surface area is 167 Å². The Balaban J connectivity index is 2.68. The van der Waals surface area contributed by atoms with Gasteiger partial charge >= 0.3 is 17.6 Å². The van der Waals surface area contributed by atoms with Gasteiger partial charge in [-0.25, -0.2) is 0 Å². The third-order valence-electron chi connectivity index (χ3n) is 5.99. The zero-order valence-corrected chi connectivity index (χ0v) is 20.3. The molecular formula is C18H40O7Si2. The summed E-state index contributed by atoms with van der Waals surface area (Å²) in [6.07, 6.45) is 6.68. The van der Waals surface area contributed by atoms with Crippen LogP contribution in [0.2, 0.25) is 12.1 Å². The van der Waals surface area contributed by atoms with Gasteiger partial charge in [0.25, 0.3) is 0 Å². The van der Waals surface area contributed by atoms with Crippen LogP contribution in [-0.4, -0.2) is 73.0 Å². The zero-order valence-electron chi connectivity index (χ0n) is 18.3. The van der Waals surface area contributed by atoms with Crippen LogP contribution in [0.1, 0.15) is 45.4 Å². The quantitative estimate of drug-likeness (QED) is 0.373. The van der Waals surface area contributed by atoms with E-state index < -0.39 is 17.6 Å². The number of ether oxygens (including phenoxy) is 1. The van der Waals surface area contributed by atoms with E-state index in [1.807, 2.05) is 0 Å². The molecular weight excluding hydrogens is 384 g/mol. The van der Waals surface area contributed by atoms with Gasteiger partial charge < -0.3 is 31.3 Å². The minimum Gasteiger partial charge on any atom is -0.378 e. The summed E-state index contributed by atoms with van der Waals surface area (Å²) in [5, 5.41) is 0. The van der Waals surface area contributed by atoms with Crippen LogP contribution in [0.5, 0.6) is 0 Å². The van der Waals surface area contributed by atoms with E-state index in [9.17, 15) is 0 Å². The summed E-state index contributed by atoms with van der Waals surface area (Å²) in [5.41, 5.74) is 0.186. The molecule has 162 valence electrons. The zero-order chi connectivity index (χ0) is 20.4. The minimum atomic E-state index is -2.52. The molecule has 1 heterocycles. The summed E-state index contributed by atoms with van der Waals surface area (Å²) in [5.74, 6) is 0. The van der Waals surface area contributed by atoms with Crippen molar-refractivity contribution in [3.63, 3.8) is 0 Å². The third-order valence-corrected chi connectivity index (χ3v) is 11.7. The minimum absolute atomic E-state index is 0.186. The van der Waals surface area contributed by atoms with Crippen LogP contribution in [0, 0.1) is 5.41 Å². The molecule has 0 aliphatic carbocycles. The van der Waals surface area contributed by atoms with Gasteiger partial charge in [-0.05, 0) is 43.9 Å². The Hall–Kier alpha value is 0.154. The lowest BCUT2D eigenvalue weighted by atomic mass is 9.77. The first-order valence-corrected chi connectivity index (χ1v) is 13.7. The molecule has 1 fully saturated rings. The van der Waals surface area contributed by atoms with Gasteiger partial charge in [0.2, 0.25) is 0 Å². The molecule has 0 saturated carbocycles. The van der Waals surface area contributed by atoms with Gasteiger partial charge in [-0.3, -0.25) is 0 Å². The highest BCUT2D eigenvalue weighted by Gasteiger charge is 2.43. The van der Waals surface area contributed by atoms with Crippen LogP contribution < -0.4 is 0 Å². The third kappa shape index (κ3) is 6.86. The molecule has 0 N–H and O–H groups in total. The van der Waals surface area contributed by atoms with E-state index in [0.29, 0.717) is 6.10 Å². The molecule has 0 bridgehead atoms. The van der Waals surface area contributed by atoms with Crippen molar-refractivity contribution in [3.8, 4) is 0 Å². The summed E-state index contributed by atoms with van der Waals surface area (Å²) in [6, 6.07) is 1.64. The van der Waals surface area contributed by atoms with Crippen molar-refractivity contribution < 1.29 is 31.3 Å². The second kappa shape index (κ2) is 12.0. The Bertz CT molecular complexity index is 361. The maximum absolute atomic E-state index is 6.08. The van der Waals surface area contributed by atoms with E-state index in [4.69, 9.17) is 31.3 Å². The van der Waals surface area contributed by atoms with Crippen LogP contribution >= 0.6 is 0 Å². The molecule has 0 aromatic rings. The molecule has 0 radical (unpaired) electrons. The smallest absolute Gasteiger partial charge is 0.378 e. The SMILES string of the molecule is CCC1CC(CCC[Si](OC)(OC)OC)(CCC[Si](OC)(OC)OC)CO1. The van der Waals surface area contributed by atoms with Crippen molar-refractivity contribution in [1.82, 2.24) is 0 Å². The lowest BCUT2D eigenvalue weighted by Crippen LogP contribution is -2.43. The maximum Gasteiger partial charge on any atom is 0.500 e. The lowest BCUT2D eigenvalue weighted by Gasteiger charge is -2.31. The van der Waals surface area contributed by atoms with Crippen molar-refractivity contribution in [2.75, 3.05) is 49.3 Å². The van der Waals surface area contributed by atoms with E-state index >= 15 is 0 Å². The fourth-order valence-electron chi connectivity index (χ4n) is 4.10. The molecule has 9 heteroatoms. The molecule has 1 atom stereocenters. The first-order valence-electron chi connectivity index (χ1n) is 9.84. The topological polar surface area (TPSA) is 64.6 Å². The Morgan fingerprint density at radius 3 is 1.48 bits per heavy atom. The number of hydrogen-bond acceptors (Lipinski definition) is 7. The standard InChI is InChI=1S/C18H40O7Si2/c1-8-17-15-18(16-25-17,11-9-13-26(19-2,20-3)21-4)12-10-14-27(22-5,23-6)24-7/h17H,8-16H2,1-7H3. The first-order chi connectivity index (χ1) is 12.9. The molecule has 1 saturated heterocycles. The summed E-state index contributed by atoms with van der Waals surface area (Å²) < 4.78 is 39.5.